The maximum Gasteiger partial charge on any atom is 0.274 e. The Morgan fingerprint density at radius 3 is 2.47 bits per heavy atom. The van der Waals surface area contributed by atoms with Gasteiger partial charge in [-0.1, -0.05) is 30.3 Å². The van der Waals surface area contributed by atoms with E-state index >= 15 is 0 Å². The summed E-state index contributed by atoms with van der Waals surface area (Å²) in [5, 5.41) is 2.28. The SMILES string of the molecule is O=C1CCN2C[C@H](C1)n1cc(C(=O)NCc3c(F)cc(F)cc3F)c(=O)c(OCc3ccccc3)c1C2=O. The van der Waals surface area contributed by atoms with E-state index in [-0.39, 0.29) is 49.8 Å². The van der Waals surface area contributed by atoms with Gasteiger partial charge < -0.3 is 19.5 Å². The molecule has 2 bridgehead atoms. The number of aromatic nitrogens is 1. The van der Waals surface area contributed by atoms with Gasteiger partial charge in [0.2, 0.25) is 5.43 Å². The Hall–Kier alpha value is -4.41. The summed E-state index contributed by atoms with van der Waals surface area (Å²) in [6, 6.07) is 9.30. The second-order valence-corrected chi connectivity index (χ2v) is 9.16. The van der Waals surface area contributed by atoms with Gasteiger partial charge in [0.05, 0.1) is 6.04 Å². The fourth-order valence-electron chi connectivity index (χ4n) is 4.69. The zero-order valence-electron chi connectivity index (χ0n) is 20.0. The molecular weight excluding hydrogens is 503 g/mol. The van der Waals surface area contributed by atoms with Crippen LogP contribution in [0, 0.1) is 17.5 Å². The van der Waals surface area contributed by atoms with E-state index in [1.807, 2.05) is 0 Å². The van der Waals surface area contributed by atoms with Gasteiger partial charge in [-0.25, -0.2) is 13.2 Å². The molecule has 1 fully saturated rings. The van der Waals surface area contributed by atoms with Crippen LogP contribution in [0.2, 0.25) is 0 Å². The molecule has 1 saturated heterocycles. The second kappa shape index (κ2) is 10.2. The lowest BCUT2D eigenvalue weighted by Gasteiger charge is -2.34. The monoisotopic (exact) mass is 525 g/mol. The van der Waals surface area contributed by atoms with Gasteiger partial charge in [0, 0.05) is 56.4 Å². The number of hydrogen-bond donors (Lipinski definition) is 1. The van der Waals surface area contributed by atoms with Crippen LogP contribution in [0.15, 0.2) is 53.5 Å². The number of ketones is 1. The Morgan fingerprint density at radius 2 is 1.76 bits per heavy atom. The number of amides is 2. The smallest absolute Gasteiger partial charge is 0.274 e. The number of rotatable bonds is 6. The number of Topliss-reactive ketones (excluding diaryl/α,β-unsaturated/α-hetero) is 1. The zero-order valence-corrected chi connectivity index (χ0v) is 20.0. The van der Waals surface area contributed by atoms with Crippen LogP contribution in [0.3, 0.4) is 0 Å². The number of fused-ring (bicyclic) bond motifs is 4. The molecule has 0 aliphatic carbocycles. The van der Waals surface area contributed by atoms with Crippen molar-refractivity contribution in [2.75, 3.05) is 13.1 Å². The van der Waals surface area contributed by atoms with Crippen molar-refractivity contribution in [1.29, 1.82) is 0 Å². The largest absolute Gasteiger partial charge is 0.483 e. The molecule has 1 N–H and O–H groups in total. The highest BCUT2D eigenvalue weighted by Crippen LogP contribution is 2.32. The molecule has 8 nitrogen and oxygen atoms in total. The minimum absolute atomic E-state index is 0.0657. The van der Waals surface area contributed by atoms with Gasteiger partial charge in [-0.3, -0.25) is 19.2 Å². The molecule has 2 aliphatic heterocycles. The molecule has 38 heavy (non-hydrogen) atoms. The third-order valence-electron chi connectivity index (χ3n) is 6.63. The molecule has 0 saturated carbocycles. The van der Waals surface area contributed by atoms with Crippen LogP contribution < -0.4 is 15.5 Å². The summed E-state index contributed by atoms with van der Waals surface area (Å²) in [5.41, 5.74) is -1.26. The van der Waals surface area contributed by atoms with E-state index in [1.165, 1.54) is 15.7 Å². The van der Waals surface area contributed by atoms with Crippen LogP contribution in [-0.4, -0.2) is 40.2 Å². The van der Waals surface area contributed by atoms with Crippen molar-refractivity contribution in [2.45, 2.75) is 32.0 Å². The van der Waals surface area contributed by atoms with Crippen molar-refractivity contribution in [3.63, 3.8) is 0 Å². The first-order chi connectivity index (χ1) is 18.2. The molecule has 2 aliphatic rings. The second-order valence-electron chi connectivity index (χ2n) is 9.16. The van der Waals surface area contributed by atoms with E-state index in [0.717, 1.165) is 0 Å². The molecule has 1 atom stereocenters. The maximum absolute atomic E-state index is 14.1. The molecule has 0 unspecified atom stereocenters. The maximum atomic E-state index is 14.1. The molecule has 11 heteroatoms. The number of nitrogens with zero attached hydrogens (tertiary/aromatic N) is 2. The van der Waals surface area contributed by atoms with Gasteiger partial charge in [-0.2, -0.15) is 0 Å². The number of nitrogens with one attached hydrogen (secondary N) is 1. The number of ether oxygens (including phenoxy) is 1. The Bertz CT molecular complexity index is 1480. The van der Waals surface area contributed by atoms with Crippen molar-refractivity contribution >= 4 is 17.6 Å². The predicted molar refractivity (Wildman–Crippen MR) is 128 cm³/mol. The van der Waals surface area contributed by atoms with Crippen LogP contribution in [0.1, 0.15) is 50.9 Å². The van der Waals surface area contributed by atoms with E-state index in [4.69, 9.17) is 4.74 Å². The van der Waals surface area contributed by atoms with Gasteiger partial charge in [0.1, 0.15) is 35.4 Å². The molecule has 3 aromatic rings. The highest BCUT2D eigenvalue weighted by molar-refractivity contribution is 6.00. The lowest BCUT2D eigenvalue weighted by atomic mass is 10.0. The van der Waals surface area contributed by atoms with Crippen molar-refractivity contribution in [3.8, 4) is 5.75 Å². The number of carbonyl (C=O) groups excluding carboxylic acids is 3. The normalized spacial score (nSPS) is 16.6. The molecular formula is C27H22F3N3O5. The fraction of sp³-hybridized carbons (Fsp3) is 0.259. The molecule has 0 radical (unpaired) electrons. The third-order valence-corrected chi connectivity index (χ3v) is 6.63. The van der Waals surface area contributed by atoms with E-state index in [1.54, 1.807) is 30.3 Å². The predicted octanol–water partition coefficient (Wildman–Crippen LogP) is 3.13. The van der Waals surface area contributed by atoms with Gasteiger partial charge in [-0.05, 0) is 5.56 Å². The number of halogens is 3. The van der Waals surface area contributed by atoms with Crippen LogP contribution in [0.5, 0.6) is 5.75 Å². The molecule has 2 aromatic carbocycles. The van der Waals surface area contributed by atoms with E-state index in [0.29, 0.717) is 17.7 Å². The first-order valence-electron chi connectivity index (χ1n) is 11.9. The Balaban J connectivity index is 1.54. The first kappa shape index (κ1) is 25.2. The summed E-state index contributed by atoms with van der Waals surface area (Å²) >= 11 is 0. The van der Waals surface area contributed by atoms with Gasteiger partial charge in [-0.15, -0.1) is 0 Å². The lowest BCUT2D eigenvalue weighted by Crippen LogP contribution is -2.44. The molecule has 5 rings (SSSR count). The molecule has 3 heterocycles. The van der Waals surface area contributed by atoms with Crippen molar-refractivity contribution < 1.29 is 32.3 Å². The number of pyridine rings is 1. The van der Waals surface area contributed by atoms with Crippen LogP contribution >= 0.6 is 0 Å². The summed E-state index contributed by atoms with van der Waals surface area (Å²) in [4.78, 5) is 53.7. The highest BCUT2D eigenvalue weighted by atomic mass is 19.1. The molecule has 2 amide bonds. The minimum Gasteiger partial charge on any atom is -0.483 e. The summed E-state index contributed by atoms with van der Waals surface area (Å²) in [7, 11) is 0. The summed E-state index contributed by atoms with van der Waals surface area (Å²) in [5.74, 6) is -5.41. The topological polar surface area (TPSA) is 97.7 Å². The van der Waals surface area contributed by atoms with Crippen LogP contribution in [0.4, 0.5) is 13.2 Å². The molecule has 196 valence electrons. The van der Waals surface area contributed by atoms with Gasteiger partial charge >= 0.3 is 0 Å². The van der Waals surface area contributed by atoms with Crippen LogP contribution in [0.25, 0.3) is 0 Å². The Morgan fingerprint density at radius 1 is 1.05 bits per heavy atom. The van der Waals surface area contributed by atoms with Crippen molar-refractivity contribution in [3.05, 3.63) is 98.7 Å². The van der Waals surface area contributed by atoms with E-state index in [2.05, 4.69) is 5.32 Å². The zero-order chi connectivity index (χ0) is 27.0. The Kier molecular flexibility index (Phi) is 6.75. The Labute approximate surface area is 214 Å². The van der Waals surface area contributed by atoms with Gasteiger partial charge in [0.25, 0.3) is 11.8 Å². The third kappa shape index (κ3) is 4.79. The average Bonchev–Trinajstić information content (AvgIpc) is 3.06. The number of carbonyl (C=O) groups is 3. The van der Waals surface area contributed by atoms with Crippen LogP contribution in [-0.2, 0) is 17.9 Å². The quantitative estimate of drug-likeness (QED) is 0.534. The highest BCUT2D eigenvalue weighted by Gasteiger charge is 2.38. The van der Waals surface area contributed by atoms with Crippen molar-refractivity contribution in [2.24, 2.45) is 0 Å². The fourth-order valence-corrected chi connectivity index (χ4v) is 4.69. The van der Waals surface area contributed by atoms with Crippen molar-refractivity contribution in [1.82, 2.24) is 14.8 Å². The summed E-state index contributed by atoms with van der Waals surface area (Å²) < 4.78 is 48.6. The lowest BCUT2D eigenvalue weighted by molar-refractivity contribution is -0.119. The van der Waals surface area contributed by atoms with Gasteiger partial charge in [0.15, 0.2) is 11.4 Å². The molecule has 1 aromatic heterocycles. The minimum atomic E-state index is -1.19. The number of benzene rings is 2. The van der Waals surface area contributed by atoms with E-state index in [9.17, 15) is 32.3 Å². The first-order valence-corrected chi connectivity index (χ1v) is 11.9. The standard InChI is InChI=1S/C27H22F3N3O5/c28-16-8-21(29)19(22(30)9-16)11-31-26(36)20-13-33-17-10-18(34)6-7-32(12-17)27(37)23(33)25(24(20)35)38-14-15-4-2-1-3-5-15/h1-5,8-9,13,17H,6-7,10-12,14H2,(H,31,36)/t17-/m0/s1. The summed E-state index contributed by atoms with van der Waals surface area (Å²) in [6.45, 7) is -0.313. The van der Waals surface area contributed by atoms with E-state index < -0.39 is 58.4 Å². The molecule has 0 spiro atoms. The average molecular weight is 525 g/mol. The number of hydrogen-bond acceptors (Lipinski definition) is 5. The summed E-state index contributed by atoms with van der Waals surface area (Å²) in [6.07, 6.45) is 1.44.